The molecule has 0 bridgehead atoms. The van der Waals surface area contributed by atoms with E-state index in [-0.39, 0.29) is 0 Å². The highest BCUT2D eigenvalue weighted by Gasteiger charge is 2.09. The summed E-state index contributed by atoms with van der Waals surface area (Å²) < 4.78 is 5.69. The van der Waals surface area contributed by atoms with Gasteiger partial charge in [0.25, 0.3) is 0 Å². The normalized spacial score (nSPS) is 11.0. The van der Waals surface area contributed by atoms with Crippen LogP contribution in [0, 0.1) is 27.7 Å². The SMILES string of the molecule is Cc1ccc(-c2cn(C)c(/C=C/c3ccc4ncccc4n3)n2)cn1.Cc1ccc(-c2cn(C)c(/C=C/c3ccc4ncccc4n3)n2)cn1.Cc1ccc(-c2cn(C)c(C=O)n2)cn1.Cc1ccc2ncccc2n1. The molecule has 12 aromatic heterocycles. The first-order valence-corrected chi connectivity index (χ1v) is 24.3. The molecule has 0 aliphatic carbocycles. The van der Waals surface area contributed by atoms with Crippen LogP contribution in [0.2, 0.25) is 0 Å². The average Bonchev–Trinajstić information content (AvgIpc) is 4.15. The Morgan fingerprint density at radius 1 is 0.342 bits per heavy atom. The van der Waals surface area contributed by atoms with Gasteiger partial charge in [-0.1, -0.05) is 0 Å². The summed E-state index contributed by atoms with van der Waals surface area (Å²) in [5.41, 5.74) is 16.8. The minimum Gasteiger partial charge on any atom is -0.334 e. The third-order valence-electron chi connectivity index (χ3n) is 11.8. The molecule has 0 unspecified atom stereocenters. The van der Waals surface area contributed by atoms with Gasteiger partial charge >= 0.3 is 0 Å². The van der Waals surface area contributed by atoms with Crippen LogP contribution in [-0.2, 0) is 21.1 Å². The molecule has 0 aromatic carbocycles. The van der Waals surface area contributed by atoms with E-state index in [4.69, 9.17) is 0 Å². The van der Waals surface area contributed by atoms with Crippen LogP contribution >= 0.6 is 0 Å². The monoisotopic (exact) mass is 999 g/mol. The smallest absolute Gasteiger partial charge is 0.185 e. The predicted molar refractivity (Wildman–Crippen MR) is 300 cm³/mol. The summed E-state index contributed by atoms with van der Waals surface area (Å²) in [5, 5.41) is 0. The highest BCUT2D eigenvalue weighted by molar-refractivity contribution is 5.79. The number of fused-ring (bicyclic) bond motifs is 3. The highest BCUT2D eigenvalue weighted by Crippen LogP contribution is 2.22. The van der Waals surface area contributed by atoms with Crippen molar-refractivity contribution in [3.63, 3.8) is 0 Å². The molecule has 0 saturated heterocycles. The average molecular weight is 1000 g/mol. The van der Waals surface area contributed by atoms with Crippen molar-refractivity contribution in [2.45, 2.75) is 27.7 Å². The fourth-order valence-electron chi connectivity index (χ4n) is 7.65. The van der Waals surface area contributed by atoms with Crippen molar-refractivity contribution in [2.75, 3.05) is 0 Å². The van der Waals surface area contributed by atoms with Gasteiger partial charge in [0.2, 0.25) is 0 Å². The summed E-state index contributed by atoms with van der Waals surface area (Å²) in [4.78, 5) is 63.3. The Balaban J connectivity index is 0.000000130. The first kappa shape index (κ1) is 50.8. The van der Waals surface area contributed by atoms with Crippen LogP contribution in [0.15, 0.2) is 165 Å². The number of nitrogens with zero attached hydrogens (tertiary/aromatic N) is 15. The maximum absolute atomic E-state index is 10.6. The van der Waals surface area contributed by atoms with Crippen molar-refractivity contribution in [3.8, 4) is 33.8 Å². The van der Waals surface area contributed by atoms with Crippen LogP contribution in [0.1, 0.15) is 56.4 Å². The Morgan fingerprint density at radius 3 is 1.07 bits per heavy atom. The van der Waals surface area contributed by atoms with Gasteiger partial charge < -0.3 is 13.7 Å². The fourth-order valence-corrected chi connectivity index (χ4v) is 7.65. The molecule has 12 aromatic rings. The van der Waals surface area contributed by atoms with E-state index in [2.05, 4.69) is 59.8 Å². The molecule has 12 heterocycles. The van der Waals surface area contributed by atoms with E-state index in [9.17, 15) is 4.79 Å². The lowest BCUT2D eigenvalue weighted by atomic mass is 10.2. The number of imidazole rings is 3. The minimum atomic E-state index is 0.422. The van der Waals surface area contributed by atoms with Gasteiger partial charge in [0, 0.05) is 116 Å². The second-order valence-corrected chi connectivity index (χ2v) is 17.7. The first-order chi connectivity index (χ1) is 36.9. The van der Waals surface area contributed by atoms with Crippen LogP contribution in [0.4, 0.5) is 0 Å². The van der Waals surface area contributed by atoms with Gasteiger partial charge in [-0.3, -0.25) is 39.7 Å². The number of aryl methyl sites for hydroxylation is 7. The van der Waals surface area contributed by atoms with E-state index >= 15 is 0 Å². The minimum absolute atomic E-state index is 0.422. The number of rotatable bonds is 8. The Morgan fingerprint density at radius 2 is 0.697 bits per heavy atom. The molecule has 12 rings (SSSR count). The van der Waals surface area contributed by atoms with E-state index in [1.807, 2.05) is 215 Å². The Bertz CT molecular complexity index is 3810. The number of hydrogen-bond donors (Lipinski definition) is 0. The fraction of sp³-hybridized carbons (Fsp3) is 0.117. The van der Waals surface area contributed by atoms with Crippen molar-refractivity contribution >= 4 is 63.7 Å². The molecule has 0 fully saturated rings. The van der Waals surface area contributed by atoms with Crippen LogP contribution < -0.4 is 0 Å². The van der Waals surface area contributed by atoms with Gasteiger partial charge in [-0.15, -0.1) is 0 Å². The van der Waals surface area contributed by atoms with Crippen molar-refractivity contribution < 1.29 is 4.79 Å². The summed E-state index contributed by atoms with van der Waals surface area (Å²) in [5.74, 6) is 2.15. The molecule has 16 heteroatoms. The molecule has 0 aliphatic heterocycles. The number of hydrogen-bond acceptors (Lipinski definition) is 13. The van der Waals surface area contributed by atoms with E-state index in [0.29, 0.717) is 5.82 Å². The lowest BCUT2D eigenvalue weighted by Crippen LogP contribution is -1.92. The van der Waals surface area contributed by atoms with Crippen molar-refractivity contribution in [1.29, 1.82) is 0 Å². The number of carbonyl (C=O) groups excluding carboxylic acids is 1. The van der Waals surface area contributed by atoms with E-state index in [1.54, 1.807) is 36.4 Å². The van der Waals surface area contributed by atoms with Crippen LogP contribution in [-0.4, -0.2) is 79.8 Å². The van der Waals surface area contributed by atoms with Gasteiger partial charge in [-0.05, 0) is 161 Å². The summed E-state index contributed by atoms with van der Waals surface area (Å²) in [6.07, 6.45) is 25.2. The molecule has 0 N–H and O–H groups in total. The van der Waals surface area contributed by atoms with Gasteiger partial charge in [0.15, 0.2) is 12.1 Å². The molecule has 0 aliphatic rings. The number of pyridine rings is 9. The van der Waals surface area contributed by atoms with Crippen molar-refractivity contribution in [2.24, 2.45) is 21.1 Å². The molecular weight excluding hydrogens is 947 g/mol. The third-order valence-corrected chi connectivity index (χ3v) is 11.8. The Hall–Kier alpha value is -10.1. The number of carbonyl (C=O) groups is 1. The zero-order valence-corrected chi connectivity index (χ0v) is 43.1. The zero-order chi connectivity index (χ0) is 53.0. The molecule has 0 spiro atoms. The van der Waals surface area contributed by atoms with Gasteiger partial charge in [0.1, 0.15) is 11.6 Å². The molecule has 16 nitrogen and oxygen atoms in total. The van der Waals surface area contributed by atoms with Gasteiger partial charge in [-0.25, -0.2) is 24.9 Å². The largest absolute Gasteiger partial charge is 0.334 e. The van der Waals surface area contributed by atoms with Crippen LogP contribution in [0.25, 0.3) is 91.2 Å². The van der Waals surface area contributed by atoms with Crippen LogP contribution in [0.5, 0.6) is 0 Å². The molecule has 0 saturated carbocycles. The zero-order valence-electron chi connectivity index (χ0n) is 43.1. The molecule has 374 valence electrons. The summed E-state index contributed by atoms with van der Waals surface area (Å²) >= 11 is 0. The Kier molecular flexibility index (Phi) is 15.8. The Labute approximate surface area is 439 Å². The van der Waals surface area contributed by atoms with Crippen molar-refractivity contribution in [1.82, 2.24) is 73.5 Å². The molecule has 76 heavy (non-hydrogen) atoms. The number of aromatic nitrogens is 15. The lowest BCUT2D eigenvalue weighted by Gasteiger charge is -1.98. The maximum Gasteiger partial charge on any atom is 0.185 e. The second-order valence-electron chi connectivity index (χ2n) is 17.7. The maximum atomic E-state index is 10.6. The first-order valence-electron chi connectivity index (χ1n) is 24.3. The van der Waals surface area contributed by atoms with Gasteiger partial charge in [-0.2, -0.15) is 0 Å². The second kappa shape index (κ2) is 23.6. The van der Waals surface area contributed by atoms with E-state index < -0.39 is 0 Å². The topological polar surface area (TPSA) is 187 Å². The highest BCUT2D eigenvalue weighted by atomic mass is 16.1. The molecule has 0 atom stereocenters. The summed E-state index contributed by atoms with van der Waals surface area (Å²) in [7, 11) is 5.76. The van der Waals surface area contributed by atoms with Crippen LogP contribution in [0.3, 0.4) is 0 Å². The third kappa shape index (κ3) is 12.9. The standard InChI is InChI=1S/2C20H17N5.C11H11N3O.C9H8N2/c2*1-14-5-6-15(12-22-14)19-13-25(2)20(24-19)10-8-16-7-9-17-18(23-16)4-3-11-21-17;1-8-3-4-9(5-12-8)10-6-14(2)11(7-15)13-10;1-7-4-5-8-9(11-7)3-2-6-10-8/h2*3-13H,1-2H3;3-7H,1-2H3;2-6H,1H3/b2*10-8+;;. The van der Waals surface area contributed by atoms with E-state index in [1.165, 1.54) is 0 Å². The molecule has 0 amide bonds. The molecular formula is C60H53N15O. The quantitative estimate of drug-likeness (QED) is 0.131. The van der Waals surface area contributed by atoms with E-state index in [0.717, 1.165) is 119 Å². The molecule has 0 radical (unpaired) electrons. The summed E-state index contributed by atoms with van der Waals surface area (Å²) in [6, 6.07) is 35.3. The summed E-state index contributed by atoms with van der Waals surface area (Å²) in [6.45, 7) is 7.86. The number of aldehydes is 1. The lowest BCUT2D eigenvalue weighted by molar-refractivity contribution is 0.111. The predicted octanol–water partition coefficient (Wildman–Crippen LogP) is 11.3. The van der Waals surface area contributed by atoms with Gasteiger partial charge in [0.05, 0.1) is 61.6 Å². The van der Waals surface area contributed by atoms with Crippen molar-refractivity contribution in [3.05, 3.63) is 217 Å².